The highest BCUT2D eigenvalue weighted by molar-refractivity contribution is 6.21. The van der Waals surface area contributed by atoms with Gasteiger partial charge >= 0.3 is 0 Å². The average molecular weight is 311 g/mol. The standard InChI is InChI=1S/C19H14N2O2/c1-9-6-13(20-8-10(9)2)12-4-5-14-16-17-15(22-14)7-11(3)21-19(17)23-18(12)16/h4-8H,1-3H3/i1D3,2D3,3D3. The van der Waals surface area contributed by atoms with Crippen LogP contribution in [0.1, 0.15) is 29.2 Å². The van der Waals surface area contributed by atoms with E-state index in [2.05, 4.69) is 9.97 Å². The van der Waals surface area contributed by atoms with Crippen LogP contribution in [0, 0.1) is 20.6 Å². The number of hydrogen-bond acceptors (Lipinski definition) is 4. The first-order valence-electron chi connectivity index (χ1n) is 11.3. The van der Waals surface area contributed by atoms with Gasteiger partial charge in [0.1, 0.15) is 11.2 Å². The van der Waals surface area contributed by atoms with Crippen molar-refractivity contribution in [1.82, 2.24) is 9.97 Å². The maximum atomic E-state index is 7.78. The van der Waals surface area contributed by atoms with Crippen molar-refractivity contribution in [1.29, 1.82) is 0 Å². The van der Waals surface area contributed by atoms with Gasteiger partial charge in [0, 0.05) is 35.9 Å². The number of pyridine rings is 2. The monoisotopic (exact) mass is 311 g/mol. The summed E-state index contributed by atoms with van der Waals surface area (Å²) in [6.07, 6.45) is 1.04. The highest BCUT2D eigenvalue weighted by Crippen LogP contribution is 2.42. The summed E-state index contributed by atoms with van der Waals surface area (Å²) in [6.45, 7) is -7.78. The van der Waals surface area contributed by atoms with E-state index in [0.29, 0.717) is 27.5 Å². The Labute approximate surface area is 144 Å². The van der Waals surface area contributed by atoms with E-state index in [0.717, 1.165) is 6.20 Å². The summed E-state index contributed by atoms with van der Waals surface area (Å²) in [5, 5.41) is 1.08. The molecule has 0 aliphatic heterocycles. The molecule has 5 aromatic rings. The number of nitrogens with zero attached hydrogens (tertiary/aromatic N) is 2. The minimum atomic E-state index is -2.67. The van der Waals surface area contributed by atoms with Crippen LogP contribution < -0.4 is 0 Å². The third kappa shape index (κ3) is 1.60. The van der Waals surface area contributed by atoms with Crippen LogP contribution in [0.2, 0.25) is 0 Å². The SMILES string of the molecule is [2H]C([2H])([2H])c1cc2oc3ccc(-c4cc(C([2H])([2H])[2H])c(C([2H])([2H])[2H])cn4)c4oc(n1)c2c34. The summed E-state index contributed by atoms with van der Waals surface area (Å²) in [7, 11) is 0. The Balaban J connectivity index is 1.79. The molecule has 4 nitrogen and oxygen atoms in total. The molecule has 0 N–H and O–H groups in total. The van der Waals surface area contributed by atoms with Crippen LogP contribution in [0.3, 0.4) is 0 Å². The Morgan fingerprint density at radius 2 is 1.91 bits per heavy atom. The fraction of sp³-hybridized carbons (Fsp3) is 0.158. The highest BCUT2D eigenvalue weighted by Gasteiger charge is 2.22. The topological polar surface area (TPSA) is 52.1 Å². The molecule has 4 heterocycles. The Kier molecular flexibility index (Phi) is 1.20. The Hall–Kier alpha value is -2.88. The van der Waals surface area contributed by atoms with Crippen molar-refractivity contribution >= 4 is 33.2 Å². The number of aromatic nitrogens is 2. The van der Waals surface area contributed by atoms with Gasteiger partial charge in [-0.25, -0.2) is 4.98 Å². The van der Waals surface area contributed by atoms with E-state index in [1.54, 1.807) is 12.1 Å². The normalized spacial score (nSPS) is 19.6. The van der Waals surface area contributed by atoms with Gasteiger partial charge in [0.15, 0.2) is 5.58 Å². The minimum Gasteiger partial charge on any atom is -0.456 e. The molecule has 0 amide bonds. The zero-order valence-electron chi connectivity index (χ0n) is 20.6. The molecule has 0 fully saturated rings. The van der Waals surface area contributed by atoms with E-state index < -0.39 is 20.6 Å². The first kappa shape index (κ1) is 6.71. The number of furan rings is 2. The Bertz CT molecular complexity index is 1490. The molecule has 1 aromatic carbocycles. The van der Waals surface area contributed by atoms with Crippen LogP contribution in [-0.2, 0) is 0 Å². The number of hydrogen-bond donors (Lipinski definition) is 0. The maximum Gasteiger partial charge on any atom is 0.231 e. The number of rotatable bonds is 1. The van der Waals surface area contributed by atoms with Gasteiger partial charge < -0.3 is 8.83 Å². The summed E-state index contributed by atoms with van der Waals surface area (Å²) in [5.41, 5.74) is 0.850. The molecule has 0 spiro atoms. The second-order valence-electron chi connectivity index (χ2n) is 5.32. The molecule has 23 heavy (non-hydrogen) atoms. The summed E-state index contributed by atoms with van der Waals surface area (Å²) in [5.74, 6) is 0. The lowest BCUT2D eigenvalue weighted by Crippen LogP contribution is -1.88. The number of aryl methyl sites for hydroxylation is 3. The van der Waals surface area contributed by atoms with Gasteiger partial charge in [-0.05, 0) is 49.9 Å². The summed E-state index contributed by atoms with van der Waals surface area (Å²) in [4.78, 5) is 8.31. The molecular weight excluding hydrogens is 288 g/mol. The molecule has 0 aliphatic rings. The van der Waals surface area contributed by atoms with E-state index in [9.17, 15) is 0 Å². The van der Waals surface area contributed by atoms with Crippen molar-refractivity contribution in [3.8, 4) is 11.3 Å². The van der Waals surface area contributed by atoms with Gasteiger partial charge in [-0.1, -0.05) is 0 Å². The van der Waals surface area contributed by atoms with Gasteiger partial charge in [0.25, 0.3) is 0 Å². The molecule has 0 aliphatic carbocycles. The van der Waals surface area contributed by atoms with E-state index >= 15 is 0 Å². The first-order valence-corrected chi connectivity index (χ1v) is 6.85. The van der Waals surface area contributed by atoms with Crippen LogP contribution in [0.4, 0.5) is 0 Å². The predicted octanol–water partition coefficient (Wildman–Crippen LogP) is 5.15. The second-order valence-corrected chi connectivity index (χ2v) is 5.32. The Morgan fingerprint density at radius 1 is 0.957 bits per heavy atom. The van der Waals surface area contributed by atoms with Crippen LogP contribution in [-0.4, -0.2) is 9.97 Å². The van der Waals surface area contributed by atoms with Crippen LogP contribution in [0.5, 0.6) is 0 Å². The predicted molar refractivity (Wildman–Crippen MR) is 89.9 cm³/mol. The maximum absolute atomic E-state index is 7.78. The summed E-state index contributed by atoms with van der Waals surface area (Å²) < 4.78 is 80.8. The van der Waals surface area contributed by atoms with Crippen molar-refractivity contribution in [2.45, 2.75) is 20.6 Å². The van der Waals surface area contributed by atoms with Crippen molar-refractivity contribution in [3.63, 3.8) is 0 Å². The van der Waals surface area contributed by atoms with Crippen molar-refractivity contribution < 1.29 is 21.2 Å². The van der Waals surface area contributed by atoms with Gasteiger partial charge in [0.05, 0.1) is 16.5 Å². The zero-order valence-corrected chi connectivity index (χ0v) is 11.6. The van der Waals surface area contributed by atoms with E-state index in [1.165, 1.54) is 12.1 Å². The van der Waals surface area contributed by atoms with Crippen LogP contribution in [0.15, 0.2) is 39.3 Å². The van der Waals surface area contributed by atoms with Gasteiger partial charge in [-0.15, -0.1) is 0 Å². The van der Waals surface area contributed by atoms with Gasteiger partial charge in [-0.3, -0.25) is 4.98 Å². The molecule has 5 rings (SSSR count). The fourth-order valence-corrected chi connectivity index (χ4v) is 2.90. The largest absolute Gasteiger partial charge is 0.456 e. The molecule has 0 unspecified atom stereocenters. The van der Waals surface area contributed by atoms with Crippen molar-refractivity contribution in [2.75, 3.05) is 0 Å². The lowest BCUT2D eigenvalue weighted by atomic mass is 10.0. The fourth-order valence-electron chi connectivity index (χ4n) is 2.90. The third-order valence-corrected chi connectivity index (χ3v) is 3.92. The molecule has 0 atom stereocenters. The van der Waals surface area contributed by atoms with Gasteiger partial charge in [-0.2, -0.15) is 0 Å². The van der Waals surface area contributed by atoms with Crippen LogP contribution in [0.25, 0.3) is 44.5 Å². The summed E-state index contributed by atoms with van der Waals surface area (Å²) in [6, 6.07) is 5.82. The highest BCUT2D eigenvalue weighted by atomic mass is 16.4. The lowest BCUT2D eigenvalue weighted by molar-refractivity contribution is 0.639. The summed E-state index contributed by atoms with van der Waals surface area (Å²) >= 11 is 0. The third-order valence-electron chi connectivity index (χ3n) is 3.92. The smallest absolute Gasteiger partial charge is 0.231 e. The molecular formula is C19H14N2O2. The molecule has 112 valence electrons. The molecule has 0 saturated heterocycles. The quantitative estimate of drug-likeness (QED) is 0.429. The lowest BCUT2D eigenvalue weighted by Gasteiger charge is -2.05. The van der Waals surface area contributed by atoms with Crippen LogP contribution >= 0.6 is 0 Å². The van der Waals surface area contributed by atoms with E-state index in [4.69, 9.17) is 21.2 Å². The zero-order chi connectivity index (χ0) is 23.2. The molecule has 0 bridgehead atoms. The molecule has 0 saturated carbocycles. The average Bonchev–Trinajstić information content (AvgIpc) is 3.24. The molecule has 0 radical (unpaired) electrons. The molecule has 4 aromatic heterocycles. The number of benzene rings is 1. The Morgan fingerprint density at radius 3 is 2.78 bits per heavy atom. The van der Waals surface area contributed by atoms with Crippen molar-refractivity contribution in [2.24, 2.45) is 0 Å². The van der Waals surface area contributed by atoms with E-state index in [-0.39, 0.29) is 33.8 Å². The van der Waals surface area contributed by atoms with Crippen molar-refractivity contribution in [3.05, 3.63) is 47.3 Å². The first-order chi connectivity index (χ1) is 14.7. The van der Waals surface area contributed by atoms with Gasteiger partial charge in [0.2, 0.25) is 5.71 Å². The molecule has 4 heteroatoms. The minimum absolute atomic E-state index is 0.0741. The van der Waals surface area contributed by atoms with E-state index in [1.807, 2.05) is 0 Å². The second kappa shape index (κ2) is 4.10.